The minimum Gasteiger partial charge on any atom is -0.349 e. The Hall–Kier alpha value is -2.83. The lowest BCUT2D eigenvalue weighted by Gasteiger charge is -2.16. The first-order chi connectivity index (χ1) is 14.8. The van der Waals surface area contributed by atoms with E-state index in [0.717, 1.165) is 36.1 Å². The van der Waals surface area contributed by atoms with Crippen LogP contribution in [0.2, 0.25) is 5.02 Å². The second-order valence-electron chi connectivity index (χ2n) is 7.72. The van der Waals surface area contributed by atoms with Crippen molar-refractivity contribution in [1.29, 1.82) is 0 Å². The van der Waals surface area contributed by atoms with Crippen molar-refractivity contribution in [2.45, 2.75) is 38.6 Å². The number of imide groups is 1. The third-order valence-electron chi connectivity index (χ3n) is 5.56. The van der Waals surface area contributed by atoms with Gasteiger partial charge in [0.15, 0.2) is 0 Å². The monoisotopic (exact) mass is 457 g/mol. The molecule has 31 heavy (non-hydrogen) atoms. The van der Waals surface area contributed by atoms with Gasteiger partial charge in [-0.2, -0.15) is 0 Å². The van der Waals surface area contributed by atoms with Crippen LogP contribution in [0.15, 0.2) is 53.2 Å². The fourth-order valence-corrected chi connectivity index (χ4v) is 4.15. The molecule has 0 bridgehead atoms. The molecule has 1 saturated carbocycles. The van der Waals surface area contributed by atoms with Gasteiger partial charge in [-0.1, -0.05) is 42.1 Å². The zero-order valence-electron chi connectivity index (χ0n) is 16.9. The molecule has 160 valence electrons. The quantitative estimate of drug-likeness (QED) is 0.634. The molecule has 3 amide bonds. The van der Waals surface area contributed by atoms with Crippen molar-refractivity contribution in [3.8, 4) is 0 Å². The van der Waals surface area contributed by atoms with Crippen LogP contribution in [0.3, 0.4) is 0 Å². The zero-order chi connectivity index (χ0) is 22.1. The van der Waals surface area contributed by atoms with Gasteiger partial charge >= 0.3 is 0 Å². The van der Waals surface area contributed by atoms with Crippen LogP contribution in [0.25, 0.3) is 0 Å². The summed E-state index contributed by atoms with van der Waals surface area (Å²) in [5, 5.41) is 6.30. The molecule has 6 nitrogen and oxygen atoms in total. The van der Waals surface area contributed by atoms with Crippen molar-refractivity contribution in [3.63, 3.8) is 0 Å². The van der Waals surface area contributed by atoms with E-state index in [0.29, 0.717) is 22.0 Å². The lowest BCUT2D eigenvalue weighted by Crippen LogP contribution is -2.33. The maximum Gasteiger partial charge on any atom is 0.283 e. The Labute approximate surface area is 190 Å². The number of benzene rings is 2. The van der Waals surface area contributed by atoms with Crippen LogP contribution < -0.4 is 15.5 Å². The SMILES string of the molecule is Cc1ccc(C(=O)NC2CCCC2)cc1NC1=C(Cl)C(=O)N(c2ccc(Cl)cc2)C1=O. The van der Waals surface area contributed by atoms with Gasteiger partial charge in [0.2, 0.25) is 0 Å². The number of hydrogen-bond donors (Lipinski definition) is 2. The Bertz CT molecular complexity index is 1090. The molecule has 2 aromatic rings. The van der Waals surface area contributed by atoms with Crippen LogP contribution in [0.5, 0.6) is 0 Å². The zero-order valence-corrected chi connectivity index (χ0v) is 18.4. The number of nitrogens with one attached hydrogen (secondary N) is 2. The number of anilines is 2. The second-order valence-corrected chi connectivity index (χ2v) is 8.54. The Morgan fingerprint density at radius 1 is 1.00 bits per heavy atom. The third-order valence-corrected chi connectivity index (χ3v) is 6.16. The molecular weight excluding hydrogens is 437 g/mol. The van der Waals surface area contributed by atoms with E-state index in [-0.39, 0.29) is 22.7 Å². The predicted octanol–water partition coefficient (Wildman–Crippen LogP) is 4.76. The first-order valence-corrected chi connectivity index (χ1v) is 10.8. The van der Waals surface area contributed by atoms with Crippen LogP contribution in [-0.2, 0) is 9.59 Å². The lowest BCUT2D eigenvalue weighted by molar-refractivity contribution is -0.120. The summed E-state index contributed by atoms with van der Waals surface area (Å²) in [5.41, 5.74) is 2.16. The highest BCUT2D eigenvalue weighted by Gasteiger charge is 2.39. The number of rotatable bonds is 5. The molecule has 0 atom stereocenters. The molecule has 1 fully saturated rings. The smallest absolute Gasteiger partial charge is 0.283 e. The minimum absolute atomic E-state index is 0.0296. The van der Waals surface area contributed by atoms with Crippen molar-refractivity contribution in [1.82, 2.24) is 5.32 Å². The van der Waals surface area contributed by atoms with E-state index in [2.05, 4.69) is 10.6 Å². The van der Waals surface area contributed by atoms with Crippen molar-refractivity contribution >= 4 is 52.3 Å². The molecule has 2 aromatic carbocycles. The van der Waals surface area contributed by atoms with Crippen LogP contribution in [0, 0.1) is 6.92 Å². The van der Waals surface area contributed by atoms with Crippen LogP contribution in [0.1, 0.15) is 41.6 Å². The number of hydrogen-bond acceptors (Lipinski definition) is 4. The van der Waals surface area contributed by atoms with Crippen LogP contribution in [0.4, 0.5) is 11.4 Å². The Balaban J connectivity index is 1.56. The largest absolute Gasteiger partial charge is 0.349 e. The second kappa shape index (κ2) is 8.73. The summed E-state index contributed by atoms with van der Waals surface area (Å²) in [6.45, 7) is 1.84. The van der Waals surface area contributed by atoms with Crippen LogP contribution >= 0.6 is 23.2 Å². The predicted molar refractivity (Wildman–Crippen MR) is 121 cm³/mol. The summed E-state index contributed by atoms with van der Waals surface area (Å²) in [5.74, 6) is -1.35. The van der Waals surface area contributed by atoms with E-state index >= 15 is 0 Å². The fourth-order valence-electron chi connectivity index (χ4n) is 3.81. The summed E-state index contributed by atoms with van der Waals surface area (Å²) in [7, 11) is 0. The Morgan fingerprint density at radius 2 is 1.68 bits per heavy atom. The molecule has 1 heterocycles. The molecular formula is C23H21Cl2N3O3. The average Bonchev–Trinajstić information content (AvgIpc) is 3.33. The molecule has 0 aromatic heterocycles. The van der Waals surface area contributed by atoms with Crippen molar-refractivity contribution < 1.29 is 14.4 Å². The van der Waals surface area contributed by atoms with E-state index in [9.17, 15) is 14.4 Å². The molecule has 1 aliphatic carbocycles. The topological polar surface area (TPSA) is 78.5 Å². The molecule has 0 unspecified atom stereocenters. The van der Waals surface area contributed by atoms with E-state index in [1.807, 2.05) is 6.92 Å². The minimum atomic E-state index is -0.621. The van der Waals surface area contributed by atoms with E-state index in [4.69, 9.17) is 23.2 Å². The van der Waals surface area contributed by atoms with Crippen molar-refractivity contribution in [2.75, 3.05) is 10.2 Å². The number of aryl methyl sites for hydroxylation is 1. The summed E-state index contributed by atoms with van der Waals surface area (Å²) in [6, 6.07) is 11.7. The van der Waals surface area contributed by atoms with E-state index in [1.165, 1.54) is 0 Å². The number of amides is 3. The number of nitrogens with zero attached hydrogens (tertiary/aromatic N) is 1. The first-order valence-electron chi connectivity index (χ1n) is 10.1. The Kier molecular flexibility index (Phi) is 6.03. The maximum absolute atomic E-state index is 13.0. The van der Waals surface area contributed by atoms with Gasteiger partial charge in [-0.3, -0.25) is 14.4 Å². The van der Waals surface area contributed by atoms with Crippen molar-refractivity contribution in [2.24, 2.45) is 0 Å². The van der Waals surface area contributed by atoms with Gasteiger partial charge in [-0.25, -0.2) is 4.90 Å². The number of halogens is 2. The lowest BCUT2D eigenvalue weighted by atomic mass is 10.1. The summed E-state index contributed by atoms with van der Waals surface area (Å²) in [6.07, 6.45) is 4.22. The summed E-state index contributed by atoms with van der Waals surface area (Å²) in [4.78, 5) is 39.2. The third kappa shape index (κ3) is 4.31. The van der Waals surface area contributed by atoms with Crippen molar-refractivity contribution in [3.05, 3.63) is 69.3 Å². The molecule has 8 heteroatoms. The van der Waals surface area contributed by atoms with Gasteiger partial charge in [-0.05, 0) is 61.7 Å². The van der Waals surface area contributed by atoms with Crippen LogP contribution in [-0.4, -0.2) is 23.8 Å². The summed E-state index contributed by atoms with van der Waals surface area (Å²) >= 11 is 12.1. The molecule has 0 radical (unpaired) electrons. The molecule has 2 N–H and O–H groups in total. The van der Waals surface area contributed by atoms with Gasteiger partial charge in [0.25, 0.3) is 17.7 Å². The van der Waals surface area contributed by atoms with Gasteiger partial charge < -0.3 is 10.6 Å². The average molecular weight is 458 g/mol. The number of carbonyl (C=O) groups excluding carboxylic acids is 3. The van der Waals surface area contributed by atoms with Gasteiger partial charge in [0.1, 0.15) is 10.7 Å². The normalized spacial score (nSPS) is 16.9. The number of carbonyl (C=O) groups is 3. The van der Waals surface area contributed by atoms with Gasteiger partial charge in [0.05, 0.1) is 5.69 Å². The maximum atomic E-state index is 13.0. The molecule has 2 aliphatic rings. The fraction of sp³-hybridized carbons (Fsp3) is 0.261. The molecule has 1 aliphatic heterocycles. The highest BCUT2D eigenvalue weighted by Crippen LogP contribution is 2.31. The van der Waals surface area contributed by atoms with E-state index in [1.54, 1.807) is 42.5 Å². The molecule has 4 rings (SSSR count). The molecule has 0 spiro atoms. The Morgan fingerprint density at radius 3 is 2.35 bits per heavy atom. The molecule has 0 saturated heterocycles. The highest BCUT2D eigenvalue weighted by molar-refractivity contribution is 6.53. The first kappa shape index (κ1) is 21.4. The standard InChI is InChI=1S/C23H21Cl2N3O3/c1-13-6-7-14(21(29)26-16-4-2-3-5-16)12-18(13)27-20-19(25)22(30)28(23(20)31)17-10-8-15(24)9-11-17/h6-12,16,27H,2-5H2,1H3,(H,26,29). The summed E-state index contributed by atoms with van der Waals surface area (Å²) < 4.78 is 0. The van der Waals surface area contributed by atoms with E-state index < -0.39 is 11.8 Å². The highest BCUT2D eigenvalue weighted by atomic mass is 35.5. The van der Waals surface area contributed by atoms with Gasteiger partial charge in [0, 0.05) is 22.3 Å². The van der Waals surface area contributed by atoms with Gasteiger partial charge in [-0.15, -0.1) is 0 Å².